The van der Waals surface area contributed by atoms with Gasteiger partial charge in [0.2, 0.25) is 0 Å². The van der Waals surface area contributed by atoms with Gasteiger partial charge in [-0.1, -0.05) is 0 Å². The maximum absolute atomic E-state index is 8.51. The lowest BCUT2D eigenvalue weighted by atomic mass is 10.1. The van der Waals surface area contributed by atoms with Crippen molar-refractivity contribution < 1.29 is 9.46 Å². The van der Waals surface area contributed by atoms with E-state index in [1.165, 1.54) is 13.0 Å². The minimum absolute atomic E-state index is 0.815. The van der Waals surface area contributed by atoms with Gasteiger partial charge < -0.3 is 5.32 Å². The maximum atomic E-state index is 8.51. The summed E-state index contributed by atoms with van der Waals surface area (Å²) in [7, 11) is -1.17. The van der Waals surface area contributed by atoms with Gasteiger partial charge in [0.15, 0.2) is 0 Å². The molecule has 0 aromatic heterocycles. The molecule has 2 atom stereocenters. The van der Waals surface area contributed by atoms with Crippen molar-refractivity contribution in [2.75, 3.05) is 6.54 Å². The molecular formula is C4H11NO2P+. The second kappa shape index (κ2) is 5.16. The monoisotopic (exact) mass is 136 g/mol. The van der Waals surface area contributed by atoms with Crippen molar-refractivity contribution in [3.63, 3.8) is 0 Å². The van der Waals surface area contributed by atoms with Gasteiger partial charge in [-0.05, 0) is 24.5 Å². The van der Waals surface area contributed by atoms with Crippen LogP contribution in [0.15, 0.2) is 0 Å². The SMILES string of the molecule is CC1CCN1.O=[PH+]O. The molecule has 1 aliphatic rings. The zero-order valence-corrected chi connectivity index (χ0v) is 5.85. The Bertz CT molecular complexity index is 65.1. The van der Waals surface area contributed by atoms with Crippen LogP contribution in [0.25, 0.3) is 0 Å². The molecule has 2 N–H and O–H groups in total. The van der Waals surface area contributed by atoms with E-state index >= 15 is 0 Å². The Morgan fingerprint density at radius 3 is 2.12 bits per heavy atom. The molecule has 4 heteroatoms. The summed E-state index contributed by atoms with van der Waals surface area (Å²) in [5.41, 5.74) is 0. The van der Waals surface area contributed by atoms with E-state index in [9.17, 15) is 0 Å². The molecule has 3 nitrogen and oxygen atoms in total. The molecule has 1 heterocycles. The summed E-state index contributed by atoms with van der Waals surface area (Å²) in [5.74, 6) is 0. The molecule has 2 unspecified atom stereocenters. The van der Waals surface area contributed by atoms with Crippen LogP contribution in [0.4, 0.5) is 0 Å². The van der Waals surface area contributed by atoms with Crippen LogP contribution in [0.5, 0.6) is 0 Å². The molecule has 0 spiro atoms. The second-order valence-corrected chi connectivity index (χ2v) is 1.92. The number of hydrogen-bond acceptors (Lipinski definition) is 2. The molecule has 1 saturated heterocycles. The Labute approximate surface area is 50.4 Å². The summed E-state index contributed by atoms with van der Waals surface area (Å²) < 4.78 is 8.51. The zero-order valence-electron chi connectivity index (χ0n) is 4.85. The van der Waals surface area contributed by atoms with Crippen LogP contribution in [-0.4, -0.2) is 17.5 Å². The van der Waals surface area contributed by atoms with Crippen LogP contribution in [0.2, 0.25) is 0 Å². The molecule has 1 rings (SSSR count). The van der Waals surface area contributed by atoms with E-state index in [1.54, 1.807) is 0 Å². The van der Waals surface area contributed by atoms with E-state index in [0.717, 1.165) is 6.04 Å². The molecule has 48 valence electrons. The van der Waals surface area contributed by atoms with Crippen molar-refractivity contribution in [3.8, 4) is 0 Å². The highest BCUT2D eigenvalue weighted by Crippen LogP contribution is 1.96. The lowest BCUT2D eigenvalue weighted by Gasteiger charge is -2.22. The Morgan fingerprint density at radius 1 is 1.88 bits per heavy atom. The fraction of sp³-hybridized carbons (Fsp3) is 1.00. The van der Waals surface area contributed by atoms with Gasteiger partial charge in [0.25, 0.3) is 0 Å². The Balaban J connectivity index is 0.000000145. The van der Waals surface area contributed by atoms with Crippen LogP contribution in [-0.2, 0) is 4.57 Å². The van der Waals surface area contributed by atoms with E-state index in [0.29, 0.717) is 0 Å². The van der Waals surface area contributed by atoms with Gasteiger partial charge in [0, 0.05) is 6.04 Å². The predicted molar refractivity (Wildman–Crippen MR) is 33.3 cm³/mol. The molecule has 0 aliphatic carbocycles. The van der Waals surface area contributed by atoms with Gasteiger partial charge in [-0.3, -0.25) is 0 Å². The first-order valence-corrected chi connectivity index (χ1v) is 3.41. The highest BCUT2D eigenvalue weighted by Gasteiger charge is 2.07. The minimum atomic E-state index is -1.17. The van der Waals surface area contributed by atoms with E-state index in [-0.39, 0.29) is 0 Å². The summed E-state index contributed by atoms with van der Waals surface area (Å²) in [4.78, 5) is 7.04. The third-order valence-electron chi connectivity index (χ3n) is 1.07. The quantitative estimate of drug-likeness (QED) is 0.470. The van der Waals surface area contributed by atoms with Gasteiger partial charge in [0.05, 0.1) is 0 Å². The van der Waals surface area contributed by atoms with Crippen molar-refractivity contribution in [1.82, 2.24) is 5.32 Å². The highest BCUT2D eigenvalue weighted by molar-refractivity contribution is 7.16. The largest absolute Gasteiger partial charge is 0.491 e. The van der Waals surface area contributed by atoms with E-state index in [2.05, 4.69) is 12.2 Å². The summed E-state index contributed by atoms with van der Waals surface area (Å²) in [6.07, 6.45) is 1.38. The minimum Gasteiger partial charge on any atom is -0.314 e. The van der Waals surface area contributed by atoms with E-state index in [4.69, 9.17) is 9.46 Å². The lowest BCUT2D eigenvalue weighted by Crippen LogP contribution is -2.39. The van der Waals surface area contributed by atoms with Crippen LogP contribution in [0, 0.1) is 0 Å². The lowest BCUT2D eigenvalue weighted by molar-refractivity contribution is 0.399. The number of hydrogen-bond donors (Lipinski definition) is 2. The predicted octanol–water partition coefficient (Wildman–Crippen LogP) is 0.286. The molecule has 8 heavy (non-hydrogen) atoms. The van der Waals surface area contributed by atoms with Gasteiger partial charge >= 0.3 is 8.69 Å². The van der Waals surface area contributed by atoms with Gasteiger partial charge in [0.1, 0.15) is 0 Å². The van der Waals surface area contributed by atoms with Gasteiger partial charge in [-0.25, -0.2) is 0 Å². The molecule has 0 aromatic carbocycles. The van der Waals surface area contributed by atoms with Crippen molar-refractivity contribution in [2.24, 2.45) is 0 Å². The van der Waals surface area contributed by atoms with Crippen LogP contribution in [0.1, 0.15) is 13.3 Å². The molecule has 0 radical (unpaired) electrons. The molecule has 0 bridgehead atoms. The van der Waals surface area contributed by atoms with Crippen molar-refractivity contribution in [1.29, 1.82) is 0 Å². The molecule has 0 saturated carbocycles. The molecule has 0 aromatic rings. The average Bonchev–Trinajstić information content (AvgIpc) is 1.64. The van der Waals surface area contributed by atoms with Crippen LogP contribution in [0.3, 0.4) is 0 Å². The normalized spacial score (nSPS) is 25.5. The van der Waals surface area contributed by atoms with Crippen LogP contribution < -0.4 is 5.32 Å². The first kappa shape index (κ1) is 8.02. The highest BCUT2D eigenvalue weighted by atomic mass is 31.1. The third kappa shape index (κ3) is 4.19. The summed E-state index contributed by atoms with van der Waals surface area (Å²) in [6, 6.07) is 0.815. The molecular weight excluding hydrogens is 125 g/mol. The standard InChI is InChI=1S/C4H9N.HO2P/c1-4-2-3-5-4;1-3-2/h4-5H,2-3H2,1H3;3H/p+1. The summed E-state index contributed by atoms with van der Waals surface area (Å²) >= 11 is 0. The maximum Gasteiger partial charge on any atom is 0.491 e. The topological polar surface area (TPSA) is 49.3 Å². The fourth-order valence-corrected chi connectivity index (χ4v) is 0.433. The van der Waals surface area contributed by atoms with Crippen molar-refractivity contribution in [3.05, 3.63) is 0 Å². The van der Waals surface area contributed by atoms with Gasteiger partial charge in [-0.15, -0.1) is 0 Å². The van der Waals surface area contributed by atoms with Crippen molar-refractivity contribution >= 4 is 8.69 Å². The first-order valence-electron chi connectivity index (χ1n) is 2.56. The molecule has 1 fully saturated rings. The van der Waals surface area contributed by atoms with E-state index < -0.39 is 8.69 Å². The summed E-state index contributed by atoms with van der Waals surface area (Å²) in [5, 5.41) is 3.21. The zero-order chi connectivity index (χ0) is 6.41. The number of rotatable bonds is 0. The average molecular weight is 136 g/mol. The van der Waals surface area contributed by atoms with Crippen molar-refractivity contribution in [2.45, 2.75) is 19.4 Å². The Morgan fingerprint density at radius 2 is 2.12 bits per heavy atom. The Hall–Kier alpha value is 0.0200. The number of nitrogens with one attached hydrogen (secondary N) is 1. The first-order chi connectivity index (χ1) is 3.81. The third-order valence-corrected chi connectivity index (χ3v) is 1.07. The van der Waals surface area contributed by atoms with Crippen LogP contribution >= 0.6 is 8.69 Å². The summed E-state index contributed by atoms with van der Waals surface area (Å²) in [6.45, 7) is 3.44. The molecule has 1 aliphatic heterocycles. The molecule has 0 amide bonds. The van der Waals surface area contributed by atoms with E-state index in [1.807, 2.05) is 0 Å². The fourth-order valence-electron chi connectivity index (χ4n) is 0.433. The smallest absolute Gasteiger partial charge is 0.314 e. The second-order valence-electron chi connectivity index (χ2n) is 1.74. The van der Waals surface area contributed by atoms with Gasteiger partial charge in [-0.2, -0.15) is 4.89 Å². The Kier molecular flexibility index (Phi) is 5.18.